The van der Waals surface area contributed by atoms with Crippen molar-refractivity contribution in [3.63, 3.8) is 0 Å². The number of carbonyl (C=O) groups is 1. The Bertz CT molecular complexity index is 423. The predicted octanol–water partition coefficient (Wildman–Crippen LogP) is 0.615. The first-order valence-electron chi connectivity index (χ1n) is 6.00. The third kappa shape index (κ3) is 4.42. The molecule has 18 heavy (non-hydrogen) atoms. The van der Waals surface area contributed by atoms with E-state index in [9.17, 15) is 13.2 Å². The Kier molecular flexibility index (Phi) is 5.34. The van der Waals surface area contributed by atoms with E-state index in [0.29, 0.717) is 19.6 Å². The van der Waals surface area contributed by atoms with Gasteiger partial charge in [0.05, 0.1) is 18.1 Å². The number of ether oxygens (including phenoxy) is 1. The zero-order valence-electron chi connectivity index (χ0n) is 11.2. The summed E-state index contributed by atoms with van der Waals surface area (Å²) in [7, 11) is -1.42. The van der Waals surface area contributed by atoms with E-state index in [1.807, 2.05) is 13.8 Å². The van der Waals surface area contributed by atoms with Crippen molar-refractivity contribution in [2.24, 2.45) is 0 Å². The lowest BCUT2D eigenvalue weighted by atomic mass is 10.2. The minimum absolute atomic E-state index is 0.0685. The third-order valence-corrected chi connectivity index (χ3v) is 4.63. The number of nitrogens with zero attached hydrogens (tertiary/aromatic N) is 1. The third-order valence-electron chi connectivity index (χ3n) is 2.88. The minimum atomic E-state index is -2.98. The van der Waals surface area contributed by atoms with E-state index in [-0.39, 0.29) is 23.5 Å². The minimum Gasteiger partial charge on any atom is -0.383 e. The monoisotopic (exact) mass is 275 g/mol. The highest BCUT2D eigenvalue weighted by molar-refractivity contribution is 7.91. The molecule has 0 aromatic heterocycles. The Hall–Kier alpha value is -0.880. The van der Waals surface area contributed by atoms with Crippen molar-refractivity contribution in [3.8, 4) is 0 Å². The second kappa shape index (κ2) is 6.33. The molecule has 0 aromatic rings. The van der Waals surface area contributed by atoms with Gasteiger partial charge < -0.3 is 9.64 Å². The van der Waals surface area contributed by atoms with E-state index in [1.165, 1.54) is 0 Å². The maximum Gasteiger partial charge on any atom is 0.246 e. The molecule has 1 aliphatic rings. The van der Waals surface area contributed by atoms with Crippen molar-refractivity contribution in [2.75, 3.05) is 31.8 Å². The summed E-state index contributed by atoms with van der Waals surface area (Å²) in [5.41, 5.74) is 0.906. The van der Waals surface area contributed by atoms with Crippen molar-refractivity contribution in [2.45, 2.75) is 26.3 Å². The largest absolute Gasteiger partial charge is 0.383 e. The fraction of sp³-hybridized carbons (Fsp3) is 0.750. The SMILES string of the molecule is COCCN(C(=O)C=C(C)C)C1CCS(=O)(=O)C1. The summed E-state index contributed by atoms with van der Waals surface area (Å²) in [5, 5.41) is 0. The van der Waals surface area contributed by atoms with Crippen LogP contribution < -0.4 is 0 Å². The molecule has 1 rings (SSSR count). The molecule has 0 radical (unpaired) electrons. The lowest BCUT2D eigenvalue weighted by Crippen LogP contribution is -2.42. The second-order valence-electron chi connectivity index (χ2n) is 4.80. The van der Waals surface area contributed by atoms with Crippen LogP contribution >= 0.6 is 0 Å². The number of amides is 1. The molecule has 0 aliphatic carbocycles. The molecule has 104 valence electrons. The molecule has 5 nitrogen and oxygen atoms in total. The topological polar surface area (TPSA) is 63.7 Å². The number of sulfone groups is 1. The zero-order chi connectivity index (χ0) is 13.8. The molecule has 1 atom stereocenters. The molecule has 1 heterocycles. The Balaban J connectivity index is 2.79. The summed E-state index contributed by atoms with van der Waals surface area (Å²) in [6.45, 7) is 4.54. The molecule has 0 bridgehead atoms. The highest BCUT2D eigenvalue weighted by atomic mass is 32.2. The number of rotatable bonds is 5. The molecular formula is C12H21NO4S. The van der Waals surface area contributed by atoms with Gasteiger partial charge in [-0.1, -0.05) is 5.57 Å². The Morgan fingerprint density at radius 2 is 2.11 bits per heavy atom. The molecule has 0 aromatic carbocycles. The van der Waals surface area contributed by atoms with Crippen LogP contribution in [0.5, 0.6) is 0 Å². The van der Waals surface area contributed by atoms with Crippen LogP contribution in [0.25, 0.3) is 0 Å². The molecule has 1 aliphatic heterocycles. The van der Waals surface area contributed by atoms with Crippen molar-refractivity contribution >= 4 is 15.7 Å². The van der Waals surface area contributed by atoms with Crippen molar-refractivity contribution in [3.05, 3.63) is 11.6 Å². The molecule has 1 unspecified atom stereocenters. The van der Waals surface area contributed by atoms with Crippen LogP contribution in [0.15, 0.2) is 11.6 Å². The maximum atomic E-state index is 12.1. The Morgan fingerprint density at radius 3 is 2.56 bits per heavy atom. The van der Waals surface area contributed by atoms with Gasteiger partial charge in [0.25, 0.3) is 0 Å². The normalized spacial score (nSPS) is 21.6. The molecule has 1 fully saturated rings. The van der Waals surface area contributed by atoms with Gasteiger partial charge in [-0.15, -0.1) is 0 Å². The van der Waals surface area contributed by atoms with Crippen LogP contribution in [0.4, 0.5) is 0 Å². The zero-order valence-corrected chi connectivity index (χ0v) is 12.0. The van der Waals surface area contributed by atoms with Gasteiger partial charge in [-0.05, 0) is 20.3 Å². The van der Waals surface area contributed by atoms with Crippen molar-refractivity contribution in [1.82, 2.24) is 4.90 Å². The fourth-order valence-electron chi connectivity index (χ4n) is 2.01. The molecule has 6 heteroatoms. The van der Waals surface area contributed by atoms with E-state index in [2.05, 4.69) is 0 Å². The van der Waals surface area contributed by atoms with Crippen LogP contribution in [0.2, 0.25) is 0 Å². The van der Waals surface area contributed by atoms with Crippen molar-refractivity contribution in [1.29, 1.82) is 0 Å². The van der Waals surface area contributed by atoms with Gasteiger partial charge in [-0.2, -0.15) is 0 Å². The van der Waals surface area contributed by atoms with E-state index in [0.717, 1.165) is 5.57 Å². The maximum absolute atomic E-state index is 12.1. The van der Waals surface area contributed by atoms with Gasteiger partial charge in [0.2, 0.25) is 5.91 Å². The number of methoxy groups -OCH3 is 1. The standard InChI is InChI=1S/C12H21NO4S/c1-10(2)8-12(14)13(5-6-17-3)11-4-7-18(15,16)9-11/h8,11H,4-7,9H2,1-3H3. The summed E-state index contributed by atoms with van der Waals surface area (Å²) < 4.78 is 27.9. The molecule has 0 N–H and O–H groups in total. The first-order valence-corrected chi connectivity index (χ1v) is 7.82. The molecule has 0 spiro atoms. The van der Waals surface area contributed by atoms with E-state index in [1.54, 1.807) is 18.1 Å². The number of carbonyl (C=O) groups excluding carboxylic acids is 1. The lowest BCUT2D eigenvalue weighted by Gasteiger charge is -2.27. The molecule has 1 saturated heterocycles. The van der Waals surface area contributed by atoms with Crippen LogP contribution in [-0.4, -0.2) is 57.0 Å². The summed E-state index contributed by atoms with van der Waals surface area (Å²) in [5.74, 6) is 0.108. The average Bonchev–Trinajstić information content (AvgIpc) is 2.58. The molecule has 0 saturated carbocycles. The Labute approximate surface area is 109 Å². The number of hydrogen-bond donors (Lipinski definition) is 0. The fourth-order valence-corrected chi connectivity index (χ4v) is 3.74. The van der Waals surface area contributed by atoms with Gasteiger partial charge in [-0.3, -0.25) is 4.79 Å². The smallest absolute Gasteiger partial charge is 0.246 e. The van der Waals surface area contributed by atoms with Gasteiger partial charge in [0, 0.05) is 25.8 Å². The first-order chi connectivity index (χ1) is 8.35. The van der Waals surface area contributed by atoms with E-state index in [4.69, 9.17) is 4.74 Å². The van der Waals surface area contributed by atoms with Gasteiger partial charge in [0.15, 0.2) is 9.84 Å². The highest BCUT2D eigenvalue weighted by Gasteiger charge is 2.33. The molecule has 1 amide bonds. The summed E-state index contributed by atoms with van der Waals surface area (Å²) in [6.07, 6.45) is 2.06. The summed E-state index contributed by atoms with van der Waals surface area (Å²) in [6, 6.07) is -0.215. The Morgan fingerprint density at radius 1 is 1.44 bits per heavy atom. The first kappa shape index (κ1) is 15.2. The van der Waals surface area contributed by atoms with Crippen molar-refractivity contribution < 1.29 is 17.9 Å². The summed E-state index contributed by atoms with van der Waals surface area (Å²) in [4.78, 5) is 13.7. The van der Waals surface area contributed by atoms with E-state index >= 15 is 0 Å². The summed E-state index contributed by atoms with van der Waals surface area (Å²) >= 11 is 0. The number of allylic oxidation sites excluding steroid dienone is 1. The van der Waals surface area contributed by atoms with Gasteiger partial charge in [-0.25, -0.2) is 8.42 Å². The number of hydrogen-bond acceptors (Lipinski definition) is 4. The quantitative estimate of drug-likeness (QED) is 0.690. The molecular weight excluding hydrogens is 254 g/mol. The van der Waals surface area contributed by atoms with Crippen LogP contribution in [-0.2, 0) is 19.4 Å². The predicted molar refractivity (Wildman–Crippen MR) is 70.1 cm³/mol. The van der Waals surface area contributed by atoms with Gasteiger partial charge >= 0.3 is 0 Å². The second-order valence-corrected chi connectivity index (χ2v) is 7.03. The van der Waals surface area contributed by atoms with E-state index < -0.39 is 9.84 Å². The van der Waals surface area contributed by atoms with Crippen LogP contribution in [0, 0.1) is 0 Å². The average molecular weight is 275 g/mol. The lowest BCUT2D eigenvalue weighted by molar-refractivity contribution is -0.128. The highest BCUT2D eigenvalue weighted by Crippen LogP contribution is 2.18. The van der Waals surface area contributed by atoms with Crippen LogP contribution in [0.1, 0.15) is 20.3 Å². The van der Waals surface area contributed by atoms with Gasteiger partial charge in [0.1, 0.15) is 0 Å². The van der Waals surface area contributed by atoms with Crippen LogP contribution in [0.3, 0.4) is 0 Å².